The number of anilines is 1. The molecule has 3 N–H and O–H groups in total. The van der Waals surface area contributed by atoms with E-state index >= 15 is 0 Å². The summed E-state index contributed by atoms with van der Waals surface area (Å²) >= 11 is 0. The van der Waals surface area contributed by atoms with Crippen molar-refractivity contribution in [2.45, 2.75) is 0 Å². The quantitative estimate of drug-likeness (QED) is 0.697. The molecule has 0 saturated heterocycles. The van der Waals surface area contributed by atoms with Crippen LogP contribution in [0.4, 0.5) is 5.69 Å². The second kappa shape index (κ2) is 5.01. The van der Waals surface area contributed by atoms with E-state index in [0.717, 1.165) is 22.5 Å². The number of aromatic nitrogens is 2. The standard InChI is InChI=1S/C16H13N3O/c17-13-3-1-2-12(8-13)16-10-18-9-15(19-16)11-4-6-14(20)7-5-11/h1-10,20H,17H2. The molecule has 3 rings (SSSR count). The zero-order valence-corrected chi connectivity index (χ0v) is 10.7. The van der Waals surface area contributed by atoms with Crippen molar-refractivity contribution >= 4 is 5.69 Å². The summed E-state index contributed by atoms with van der Waals surface area (Å²) in [5.41, 5.74) is 9.83. The third-order valence-electron chi connectivity index (χ3n) is 2.98. The van der Waals surface area contributed by atoms with Gasteiger partial charge in [0.15, 0.2) is 0 Å². The second-order valence-electron chi connectivity index (χ2n) is 4.46. The maximum absolute atomic E-state index is 9.32. The van der Waals surface area contributed by atoms with Gasteiger partial charge in [0.1, 0.15) is 5.75 Å². The van der Waals surface area contributed by atoms with Gasteiger partial charge in [0, 0.05) is 16.8 Å². The fraction of sp³-hybridized carbons (Fsp3) is 0. The summed E-state index contributed by atoms with van der Waals surface area (Å²) in [5, 5.41) is 9.32. The van der Waals surface area contributed by atoms with Gasteiger partial charge < -0.3 is 10.8 Å². The number of phenolic OH excluding ortho intramolecular Hbond substituents is 1. The maximum Gasteiger partial charge on any atom is 0.115 e. The Hall–Kier alpha value is -2.88. The molecule has 0 fully saturated rings. The molecule has 3 aromatic rings. The van der Waals surface area contributed by atoms with Crippen LogP contribution in [0, 0.1) is 0 Å². The molecule has 0 saturated carbocycles. The van der Waals surface area contributed by atoms with Crippen LogP contribution in [0.2, 0.25) is 0 Å². The molecule has 1 aromatic heterocycles. The molecular weight excluding hydrogens is 250 g/mol. The largest absolute Gasteiger partial charge is 0.508 e. The molecule has 0 bridgehead atoms. The van der Waals surface area contributed by atoms with Crippen LogP contribution in [-0.4, -0.2) is 15.1 Å². The smallest absolute Gasteiger partial charge is 0.115 e. The van der Waals surface area contributed by atoms with E-state index in [9.17, 15) is 5.11 Å². The minimum atomic E-state index is 0.230. The highest BCUT2D eigenvalue weighted by atomic mass is 16.3. The Bertz CT molecular complexity index is 739. The van der Waals surface area contributed by atoms with E-state index in [2.05, 4.69) is 9.97 Å². The van der Waals surface area contributed by atoms with Crippen LogP contribution in [0.1, 0.15) is 0 Å². The van der Waals surface area contributed by atoms with E-state index < -0.39 is 0 Å². The van der Waals surface area contributed by atoms with Gasteiger partial charge in [-0.2, -0.15) is 0 Å². The molecular formula is C16H13N3O. The molecule has 0 amide bonds. The Balaban J connectivity index is 2.03. The summed E-state index contributed by atoms with van der Waals surface area (Å²) in [5.74, 6) is 0.230. The minimum Gasteiger partial charge on any atom is -0.508 e. The van der Waals surface area contributed by atoms with Crippen molar-refractivity contribution in [1.29, 1.82) is 0 Å². The molecule has 0 unspecified atom stereocenters. The van der Waals surface area contributed by atoms with Gasteiger partial charge in [0.05, 0.1) is 23.8 Å². The van der Waals surface area contributed by atoms with Crippen molar-refractivity contribution in [2.24, 2.45) is 0 Å². The minimum absolute atomic E-state index is 0.230. The molecule has 0 aliphatic rings. The first-order valence-corrected chi connectivity index (χ1v) is 6.20. The number of hydrogen-bond donors (Lipinski definition) is 2. The number of aromatic hydroxyl groups is 1. The molecule has 4 nitrogen and oxygen atoms in total. The van der Waals surface area contributed by atoms with Crippen LogP contribution in [-0.2, 0) is 0 Å². The van der Waals surface area contributed by atoms with Crippen molar-refractivity contribution in [1.82, 2.24) is 9.97 Å². The van der Waals surface area contributed by atoms with Gasteiger partial charge in [-0.1, -0.05) is 12.1 Å². The summed E-state index contributed by atoms with van der Waals surface area (Å²) in [6.07, 6.45) is 3.40. The molecule has 0 aliphatic carbocycles. The number of nitrogens with zero attached hydrogens (tertiary/aromatic N) is 2. The summed E-state index contributed by atoms with van der Waals surface area (Å²) in [7, 11) is 0. The van der Waals surface area contributed by atoms with Gasteiger partial charge in [-0.05, 0) is 36.4 Å². The lowest BCUT2D eigenvalue weighted by Gasteiger charge is -2.05. The zero-order valence-electron chi connectivity index (χ0n) is 10.7. The topological polar surface area (TPSA) is 72.0 Å². The molecule has 0 atom stereocenters. The summed E-state index contributed by atoms with van der Waals surface area (Å²) in [4.78, 5) is 8.81. The third kappa shape index (κ3) is 2.44. The van der Waals surface area contributed by atoms with E-state index in [1.54, 1.807) is 24.5 Å². The molecule has 0 aliphatic heterocycles. The van der Waals surface area contributed by atoms with Gasteiger partial charge in [0.25, 0.3) is 0 Å². The summed E-state index contributed by atoms with van der Waals surface area (Å²) in [6, 6.07) is 14.4. The number of nitrogens with two attached hydrogens (primary N) is 1. The van der Waals surface area contributed by atoms with Crippen LogP contribution in [0.3, 0.4) is 0 Å². The highest BCUT2D eigenvalue weighted by Gasteiger charge is 2.04. The van der Waals surface area contributed by atoms with Crippen molar-refractivity contribution in [2.75, 3.05) is 5.73 Å². The molecule has 0 spiro atoms. The Morgan fingerprint density at radius 3 is 2.25 bits per heavy atom. The molecule has 0 radical (unpaired) electrons. The lowest BCUT2D eigenvalue weighted by atomic mass is 10.1. The van der Waals surface area contributed by atoms with Crippen LogP contribution in [0.15, 0.2) is 60.9 Å². The van der Waals surface area contributed by atoms with Crippen molar-refractivity contribution in [3.8, 4) is 28.3 Å². The summed E-state index contributed by atoms with van der Waals surface area (Å²) < 4.78 is 0. The van der Waals surface area contributed by atoms with E-state index in [4.69, 9.17) is 5.73 Å². The van der Waals surface area contributed by atoms with E-state index in [1.807, 2.05) is 36.4 Å². The Kier molecular flexibility index (Phi) is 3.05. The van der Waals surface area contributed by atoms with Crippen LogP contribution >= 0.6 is 0 Å². The monoisotopic (exact) mass is 263 g/mol. The van der Waals surface area contributed by atoms with E-state index in [0.29, 0.717) is 5.69 Å². The summed E-state index contributed by atoms with van der Waals surface area (Å²) in [6.45, 7) is 0. The van der Waals surface area contributed by atoms with Crippen LogP contribution in [0.5, 0.6) is 5.75 Å². The van der Waals surface area contributed by atoms with Gasteiger partial charge in [-0.25, -0.2) is 4.98 Å². The SMILES string of the molecule is Nc1cccc(-c2cncc(-c3ccc(O)cc3)n2)c1. The van der Waals surface area contributed by atoms with Gasteiger partial charge in [-0.15, -0.1) is 0 Å². The highest BCUT2D eigenvalue weighted by molar-refractivity contribution is 5.67. The number of phenols is 1. The number of benzene rings is 2. The van der Waals surface area contributed by atoms with E-state index in [-0.39, 0.29) is 5.75 Å². The van der Waals surface area contributed by atoms with Gasteiger partial charge >= 0.3 is 0 Å². The maximum atomic E-state index is 9.32. The number of hydrogen-bond acceptors (Lipinski definition) is 4. The molecule has 20 heavy (non-hydrogen) atoms. The average Bonchev–Trinajstić information content (AvgIpc) is 2.48. The number of rotatable bonds is 2. The molecule has 98 valence electrons. The lowest BCUT2D eigenvalue weighted by molar-refractivity contribution is 0.475. The van der Waals surface area contributed by atoms with Crippen molar-refractivity contribution < 1.29 is 5.11 Å². The molecule has 4 heteroatoms. The first-order chi connectivity index (χ1) is 9.72. The average molecular weight is 263 g/mol. The zero-order chi connectivity index (χ0) is 13.9. The lowest BCUT2D eigenvalue weighted by Crippen LogP contribution is -1.91. The predicted molar refractivity (Wildman–Crippen MR) is 79.0 cm³/mol. The molecule has 2 aromatic carbocycles. The van der Waals surface area contributed by atoms with Gasteiger partial charge in [0.2, 0.25) is 0 Å². The highest BCUT2D eigenvalue weighted by Crippen LogP contribution is 2.23. The first-order valence-electron chi connectivity index (χ1n) is 6.20. The van der Waals surface area contributed by atoms with Crippen LogP contribution in [0.25, 0.3) is 22.5 Å². The normalized spacial score (nSPS) is 10.4. The fourth-order valence-electron chi connectivity index (χ4n) is 1.97. The van der Waals surface area contributed by atoms with Gasteiger partial charge in [-0.3, -0.25) is 4.98 Å². The second-order valence-corrected chi connectivity index (χ2v) is 4.46. The van der Waals surface area contributed by atoms with Crippen molar-refractivity contribution in [3.63, 3.8) is 0 Å². The fourth-order valence-corrected chi connectivity index (χ4v) is 1.97. The third-order valence-corrected chi connectivity index (χ3v) is 2.98. The Morgan fingerprint density at radius 1 is 0.850 bits per heavy atom. The first kappa shape index (κ1) is 12.2. The Labute approximate surface area is 116 Å². The van der Waals surface area contributed by atoms with E-state index in [1.165, 1.54) is 0 Å². The van der Waals surface area contributed by atoms with Crippen molar-refractivity contribution in [3.05, 3.63) is 60.9 Å². The van der Waals surface area contributed by atoms with Crippen LogP contribution < -0.4 is 5.73 Å². The number of nitrogen functional groups attached to an aromatic ring is 1. The Morgan fingerprint density at radius 2 is 1.55 bits per heavy atom. The predicted octanol–water partition coefficient (Wildman–Crippen LogP) is 3.10. The molecule has 1 heterocycles.